The maximum Gasteiger partial charge on any atom is 0.573 e. The van der Waals surface area contributed by atoms with Gasteiger partial charge < -0.3 is 15.2 Å². The fourth-order valence-electron chi connectivity index (χ4n) is 2.75. The van der Waals surface area contributed by atoms with Crippen molar-refractivity contribution in [1.29, 1.82) is 0 Å². The summed E-state index contributed by atoms with van der Waals surface area (Å²) in [5.41, 5.74) is 8.09. The van der Waals surface area contributed by atoms with Gasteiger partial charge in [0.05, 0.1) is 12.3 Å². The van der Waals surface area contributed by atoms with Gasteiger partial charge in [-0.3, -0.25) is 0 Å². The minimum atomic E-state index is -4.69. The first-order chi connectivity index (χ1) is 12.9. The molecule has 2 N–H and O–H groups in total. The second-order valence-electron chi connectivity index (χ2n) is 6.44. The topological polar surface area (TPSA) is 44.5 Å². The third kappa shape index (κ3) is 7.41. The fraction of sp³-hybridized carbons (Fsp3) is 0.429. The predicted octanol–water partition coefficient (Wildman–Crippen LogP) is 6.57. The van der Waals surface area contributed by atoms with Crippen molar-refractivity contribution >= 4 is 5.69 Å². The van der Waals surface area contributed by atoms with Crippen LogP contribution in [-0.2, 0) is 0 Å². The van der Waals surface area contributed by atoms with Crippen LogP contribution in [0.1, 0.15) is 45.4 Å². The lowest BCUT2D eigenvalue weighted by Gasteiger charge is -2.12. The quantitative estimate of drug-likeness (QED) is 0.374. The van der Waals surface area contributed by atoms with Crippen LogP contribution >= 0.6 is 0 Å². The Morgan fingerprint density at radius 1 is 0.852 bits per heavy atom. The molecule has 6 heteroatoms. The Morgan fingerprint density at radius 3 is 2.15 bits per heavy atom. The number of nitrogens with two attached hydrogens (primary N) is 1. The van der Waals surface area contributed by atoms with Crippen molar-refractivity contribution in [3.05, 3.63) is 42.5 Å². The average molecular weight is 381 g/mol. The molecule has 0 heterocycles. The van der Waals surface area contributed by atoms with Crippen LogP contribution in [0, 0.1) is 0 Å². The number of hydrogen-bond donors (Lipinski definition) is 1. The number of rotatable bonds is 10. The summed E-state index contributed by atoms with van der Waals surface area (Å²) in [5, 5.41) is 0. The van der Waals surface area contributed by atoms with Crippen LogP contribution in [0.4, 0.5) is 18.9 Å². The number of alkyl halides is 3. The van der Waals surface area contributed by atoms with Crippen LogP contribution in [0.25, 0.3) is 11.1 Å². The van der Waals surface area contributed by atoms with E-state index in [9.17, 15) is 13.2 Å². The average Bonchev–Trinajstić information content (AvgIpc) is 2.62. The molecule has 2 rings (SSSR count). The Kier molecular flexibility index (Phi) is 7.82. The second kappa shape index (κ2) is 10.1. The van der Waals surface area contributed by atoms with E-state index in [0.29, 0.717) is 18.0 Å². The number of nitrogen functional groups attached to an aromatic ring is 1. The van der Waals surface area contributed by atoms with Crippen LogP contribution in [0.15, 0.2) is 42.5 Å². The molecule has 0 aliphatic carbocycles. The van der Waals surface area contributed by atoms with Gasteiger partial charge in [-0.1, -0.05) is 57.2 Å². The highest BCUT2D eigenvalue weighted by molar-refractivity contribution is 5.70. The van der Waals surface area contributed by atoms with Crippen LogP contribution in [0.2, 0.25) is 0 Å². The van der Waals surface area contributed by atoms with Gasteiger partial charge in [-0.2, -0.15) is 0 Å². The summed E-state index contributed by atoms with van der Waals surface area (Å²) in [6.45, 7) is 2.79. The standard InChI is InChI=1S/C21H26F3NO2/c1-2-3-4-5-6-7-14-26-20-15-17(10-13-19(20)25)16-8-11-18(12-9-16)27-21(22,23)24/h8-13,15H,2-7,14,25H2,1H3. The first-order valence-corrected chi connectivity index (χ1v) is 9.27. The highest BCUT2D eigenvalue weighted by atomic mass is 19.4. The van der Waals surface area contributed by atoms with Gasteiger partial charge in [-0.05, 0) is 41.8 Å². The van der Waals surface area contributed by atoms with Gasteiger partial charge in [0.1, 0.15) is 11.5 Å². The molecule has 0 radical (unpaired) electrons. The predicted molar refractivity (Wildman–Crippen MR) is 102 cm³/mol. The molecule has 0 unspecified atom stereocenters. The van der Waals surface area contributed by atoms with Crippen molar-refractivity contribution in [2.75, 3.05) is 12.3 Å². The Balaban J connectivity index is 1.94. The molecular weight excluding hydrogens is 355 g/mol. The van der Waals surface area contributed by atoms with E-state index in [1.54, 1.807) is 18.2 Å². The zero-order valence-corrected chi connectivity index (χ0v) is 15.5. The van der Waals surface area contributed by atoms with E-state index in [-0.39, 0.29) is 5.75 Å². The molecule has 0 aliphatic heterocycles. The largest absolute Gasteiger partial charge is 0.573 e. The summed E-state index contributed by atoms with van der Waals surface area (Å²) < 4.78 is 46.4. The summed E-state index contributed by atoms with van der Waals surface area (Å²) in [6.07, 6.45) is 2.35. The van der Waals surface area contributed by atoms with Gasteiger partial charge >= 0.3 is 6.36 Å². The molecule has 0 spiro atoms. The number of anilines is 1. The van der Waals surface area contributed by atoms with E-state index in [1.165, 1.54) is 37.8 Å². The monoisotopic (exact) mass is 381 g/mol. The van der Waals surface area contributed by atoms with Gasteiger partial charge in [-0.15, -0.1) is 13.2 Å². The molecule has 0 saturated heterocycles. The zero-order chi connectivity index (χ0) is 19.7. The summed E-state index contributed by atoms with van der Waals surface area (Å²) in [6, 6.07) is 11.1. The number of benzene rings is 2. The molecular formula is C21H26F3NO2. The highest BCUT2D eigenvalue weighted by Gasteiger charge is 2.30. The molecule has 0 fully saturated rings. The minimum Gasteiger partial charge on any atom is -0.491 e. The number of unbranched alkanes of at least 4 members (excludes halogenated alkanes) is 5. The van der Waals surface area contributed by atoms with Crippen LogP contribution in [0.5, 0.6) is 11.5 Å². The molecule has 0 saturated carbocycles. The van der Waals surface area contributed by atoms with E-state index in [4.69, 9.17) is 10.5 Å². The highest BCUT2D eigenvalue weighted by Crippen LogP contribution is 2.31. The third-order valence-corrected chi connectivity index (χ3v) is 4.19. The lowest BCUT2D eigenvalue weighted by Crippen LogP contribution is -2.16. The lowest BCUT2D eigenvalue weighted by molar-refractivity contribution is -0.274. The van der Waals surface area contributed by atoms with Crippen LogP contribution in [-0.4, -0.2) is 13.0 Å². The van der Waals surface area contributed by atoms with Crippen molar-refractivity contribution in [3.63, 3.8) is 0 Å². The van der Waals surface area contributed by atoms with E-state index < -0.39 is 6.36 Å². The summed E-state index contributed by atoms with van der Waals surface area (Å²) in [7, 11) is 0. The Bertz CT molecular complexity index is 700. The first kappa shape index (κ1) is 20.9. The Hall–Kier alpha value is -2.37. The van der Waals surface area contributed by atoms with Crippen molar-refractivity contribution in [2.45, 2.75) is 51.8 Å². The van der Waals surface area contributed by atoms with E-state index >= 15 is 0 Å². The molecule has 2 aromatic carbocycles. The zero-order valence-electron chi connectivity index (χ0n) is 15.5. The minimum absolute atomic E-state index is 0.249. The van der Waals surface area contributed by atoms with Crippen LogP contribution in [0.3, 0.4) is 0 Å². The van der Waals surface area contributed by atoms with Crippen molar-refractivity contribution in [3.8, 4) is 22.6 Å². The van der Waals surface area contributed by atoms with Crippen molar-refractivity contribution in [2.24, 2.45) is 0 Å². The van der Waals surface area contributed by atoms with Crippen molar-refractivity contribution < 1.29 is 22.6 Å². The fourth-order valence-corrected chi connectivity index (χ4v) is 2.75. The summed E-state index contributed by atoms with van der Waals surface area (Å²) in [4.78, 5) is 0. The second-order valence-corrected chi connectivity index (χ2v) is 6.44. The molecule has 0 bridgehead atoms. The third-order valence-electron chi connectivity index (χ3n) is 4.19. The molecule has 0 atom stereocenters. The SMILES string of the molecule is CCCCCCCCOc1cc(-c2ccc(OC(F)(F)F)cc2)ccc1N. The Labute approximate surface area is 158 Å². The summed E-state index contributed by atoms with van der Waals surface area (Å²) in [5.74, 6) is 0.345. The van der Waals surface area contributed by atoms with Crippen molar-refractivity contribution in [1.82, 2.24) is 0 Å². The molecule has 2 aromatic rings. The lowest BCUT2D eigenvalue weighted by atomic mass is 10.0. The first-order valence-electron chi connectivity index (χ1n) is 9.27. The van der Waals surface area contributed by atoms with Gasteiger partial charge in [0.2, 0.25) is 0 Å². The maximum absolute atomic E-state index is 12.2. The maximum atomic E-state index is 12.2. The van der Waals surface area contributed by atoms with E-state index in [0.717, 1.165) is 24.0 Å². The number of ether oxygens (including phenoxy) is 2. The smallest absolute Gasteiger partial charge is 0.491 e. The van der Waals surface area contributed by atoms with Gasteiger partial charge in [0.25, 0.3) is 0 Å². The Morgan fingerprint density at radius 2 is 1.48 bits per heavy atom. The van der Waals surface area contributed by atoms with E-state index in [1.807, 2.05) is 12.1 Å². The molecule has 27 heavy (non-hydrogen) atoms. The van der Waals surface area contributed by atoms with Gasteiger partial charge in [0.15, 0.2) is 0 Å². The molecule has 3 nitrogen and oxygen atoms in total. The molecule has 0 amide bonds. The van der Waals surface area contributed by atoms with Gasteiger partial charge in [0, 0.05) is 0 Å². The molecule has 0 aliphatic rings. The normalized spacial score (nSPS) is 11.4. The summed E-state index contributed by atoms with van der Waals surface area (Å²) >= 11 is 0. The number of halogens is 3. The number of hydrogen-bond acceptors (Lipinski definition) is 3. The van der Waals surface area contributed by atoms with E-state index in [2.05, 4.69) is 11.7 Å². The van der Waals surface area contributed by atoms with Gasteiger partial charge in [-0.25, -0.2) is 0 Å². The molecule has 148 valence electrons. The van der Waals surface area contributed by atoms with Crippen LogP contribution < -0.4 is 15.2 Å². The molecule has 0 aromatic heterocycles.